The van der Waals surface area contributed by atoms with Crippen LogP contribution in [-0.2, 0) is 34.0 Å². The minimum Gasteiger partial charge on any atom is -0.463 e. The Balaban J connectivity index is 2.03. The highest BCUT2D eigenvalue weighted by Crippen LogP contribution is 2.31. The molecule has 0 radical (unpaired) electrons. The molecule has 2 aromatic rings. The highest BCUT2D eigenvalue weighted by atomic mass is 32.2. The van der Waals surface area contributed by atoms with E-state index in [1.165, 1.54) is 43.5 Å². The largest absolute Gasteiger partial charge is 0.463 e. The number of sulfonamides is 1. The van der Waals surface area contributed by atoms with Crippen LogP contribution in [0, 0.1) is 20.8 Å². The summed E-state index contributed by atoms with van der Waals surface area (Å²) in [5.41, 5.74) is 1.64. The first-order valence-electron chi connectivity index (χ1n) is 14.3. The van der Waals surface area contributed by atoms with Crippen LogP contribution in [0.2, 0.25) is 0 Å². The molecule has 0 saturated heterocycles. The Labute approximate surface area is 270 Å². The minimum absolute atomic E-state index is 0.00735. The van der Waals surface area contributed by atoms with Crippen molar-refractivity contribution in [3.8, 4) is 11.3 Å². The molecule has 0 aliphatic carbocycles. The van der Waals surface area contributed by atoms with E-state index in [1.54, 1.807) is 0 Å². The number of halogens is 1. The number of esters is 1. The second kappa shape index (κ2) is 18.7. The number of rotatable bonds is 21. The summed E-state index contributed by atoms with van der Waals surface area (Å²) in [5.74, 6) is -1.57. The SMILES string of the molecule is CC(C)c1nc(N(C)S(C)(=O)=O)nc(-c2ccc(F)cc2)c1/C=C/C(O)CC(O)CC(=O)OCCOCCC(CON=O)O[N+](=O)[O-]. The Morgan fingerprint density at radius 3 is 2.45 bits per heavy atom. The third-order valence-corrected chi connectivity index (χ3v) is 7.59. The van der Waals surface area contributed by atoms with Crippen LogP contribution in [0.1, 0.15) is 50.3 Å². The lowest BCUT2D eigenvalue weighted by Crippen LogP contribution is -2.27. The summed E-state index contributed by atoms with van der Waals surface area (Å²) in [5, 5.41) is 32.5. The Bertz CT molecular complexity index is 1480. The van der Waals surface area contributed by atoms with Crippen LogP contribution in [0.25, 0.3) is 17.3 Å². The molecule has 0 saturated carbocycles. The van der Waals surface area contributed by atoms with Crippen LogP contribution < -0.4 is 4.31 Å². The quantitative estimate of drug-likeness (QED) is 0.0632. The Morgan fingerprint density at radius 2 is 1.85 bits per heavy atom. The molecule has 2 N–H and O–H groups in total. The van der Waals surface area contributed by atoms with Crippen molar-refractivity contribution in [1.29, 1.82) is 0 Å². The van der Waals surface area contributed by atoms with Gasteiger partial charge in [0, 0.05) is 37.6 Å². The van der Waals surface area contributed by atoms with Crippen LogP contribution >= 0.6 is 0 Å². The summed E-state index contributed by atoms with van der Waals surface area (Å²) >= 11 is 0. The smallest absolute Gasteiger partial charge is 0.308 e. The lowest BCUT2D eigenvalue weighted by Gasteiger charge is -2.20. The fourth-order valence-electron chi connectivity index (χ4n) is 4.03. The number of nitrogens with zero attached hydrogens (tertiary/aromatic N) is 5. The number of ether oxygens (including phenoxy) is 2. The highest BCUT2D eigenvalue weighted by Gasteiger charge is 2.23. The van der Waals surface area contributed by atoms with Crippen molar-refractivity contribution >= 4 is 28.0 Å². The first-order valence-corrected chi connectivity index (χ1v) is 16.1. The Morgan fingerprint density at radius 1 is 1.17 bits per heavy atom. The third kappa shape index (κ3) is 13.5. The van der Waals surface area contributed by atoms with Crippen molar-refractivity contribution in [2.75, 3.05) is 44.0 Å². The first kappa shape index (κ1) is 38.9. The summed E-state index contributed by atoms with van der Waals surface area (Å²) in [6, 6.07) is 5.41. The summed E-state index contributed by atoms with van der Waals surface area (Å²) in [7, 11) is -2.40. The number of benzene rings is 1. The standard InChI is InChI=1S/C28H38FN5O12S/c1-18(2)26-24(27(19-5-7-20(29)8-6-19)31-28(30-26)33(3)47(4,41)42)10-9-21(35)15-22(36)16-25(37)44-14-13-43-12-11-23(17-45-32-38)46-34(39)40/h5-10,18,21-23,35-36H,11-17H2,1-4H3/b10-9+. The predicted molar refractivity (Wildman–Crippen MR) is 165 cm³/mol. The molecular formula is C28H38FN5O12S. The average Bonchev–Trinajstić information content (AvgIpc) is 2.99. The number of aromatic nitrogens is 2. The number of carbonyl (C=O) groups is 1. The zero-order chi connectivity index (χ0) is 35.1. The van der Waals surface area contributed by atoms with Gasteiger partial charge >= 0.3 is 5.97 Å². The van der Waals surface area contributed by atoms with Gasteiger partial charge in [-0.15, -0.1) is 15.0 Å². The predicted octanol–water partition coefficient (Wildman–Crippen LogP) is 2.54. The number of anilines is 1. The molecule has 0 aliphatic heterocycles. The van der Waals surface area contributed by atoms with Gasteiger partial charge in [0.1, 0.15) is 25.1 Å². The molecular weight excluding hydrogens is 649 g/mol. The van der Waals surface area contributed by atoms with Crippen LogP contribution in [0.3, 0.4) is 0 Å². The molecule has 2 rings (SSSR count). The molecule has 0 fully saturated rings. The van der Waals surface area contributed by atoms with Crippen LogP contribution in [-0.4, -0.2) is 97.7 Å². The lowest BCUT2D eigenvalue weighted by atomic mass is 9.97. The summed E-state index contributed by atoms with van der Waals surface area (Å²) in [6.45, 7) is 2.93. The summed E-state index contributed by atoms with van der Waals surface area (Å²) in [4.78, 5) is 50.0. The number of aliphatic hydroxyl groups is 2. The third-order valence-electron chi connectivity index (χ3n) is 6.43. The molecule has 3 atom stereocenters. The van der Waals surface area contributed by atoms with E-state index < -0.39 is 58.2 Å². The monoisotopic (exact) mass is 687 g/mol. The van der Waals surface area contributed by atoms with Gasteiger partial charge in [-0.1, -0.05) is 26.0 Å². The molecule has 1 aromatic carbocycles. The normalized spacial score (nSPS) is 13.6. The van der Waals surface area contributed by atoms with Gasteiger partial charge in [-0.25, -0.2) is 27.1 Å². The Kier molecular flexibility index (Phi) is 15.5. The van der Waals surface area contributed by atoms with Crippen molar-refractivity contribution in [1.82, 2.24) is 9.97 Å². The molecule has 1 aromatic heterocycles. The van der Waals surface area contributed by atoms with E-state index in [2.05, 4.69) is 25.0 Å². The Hall–Kier alpha value is -4.33. The van der Waals surface area contributed by atoms with Gasteiger partial charge in [-0.05, 0) is 30.2 Å². The second-order valence-corrected chi connectivity index (χ2v) is 12.5. The molecule has 1 heterocycles. The van der Waals surface area contributed by atoms with Crippen LogP contribution in [0.15, 0.2) is 35.7 Å². The van der Waals surface area contributed by atoms with E-state index in [-0.39, 0.29) is 50.2 Å². The summed E-state index contributed by atoms with van der Waals surface area (Å²) in [6.07, 6.45) is -0.380. The molecule has 0 bridgehead atoms. The molecule has 3 unspecified atom stereocenters. The van der Waals surface area contributed by atoms with E-state index >= 15 is 0 Å². The van der Waals surface area contributed by atoms with Crippen LogP contribution in [0.4, 0.5) is 10.3 Å². The number of carbonyl (C=O) groups excluding carboxylic acids is 1. The van der Waals surface area contributed by atoms with Crippen molar-refractivity contribution in [2.45, 2.75) is 57.3 Å². The van der Waals surface area contributed by atoms with Gasteiger partial charge in [0.05, 0.1) is 42.9 Å². The van der Waals surface area contributed by atoms with Crippen molar-refractivity contribution in [2.24, 2.45) is 5.34 Å². The van der Waals surface area contributed by atoms with E-state index in [1.807, 2.05) is 13.8 Å². The van der Waals surface area contributed by atoms with E-state index in [0.717, 1.165) is 10.6 Å². The maximum atomic E-state index is 13.7. The van der Waals surface area contributed by atoms with E-state index in [4.69, 9.17) is 9.47 Å². The zero-order valence-corrected chi connectivity index (χ0v) is 27.0. The van der Waals surface area contributed by atoms with Crippen molar-refractivity contribution in [3.63, 3.8) is 0 Å². The minimum atomic E-state index is -3.71. The molecule has 0 amide bonds. The van der Waals surface area contributed by atoms with E-state index in [0.29, 0.717) is 16.8 Å². The molecule has 17 nitrogen and oxygen atoms in total. The zero-order valence-electron chi connectivity index (χ0n) is 26.2. The maximum absolute atomic E-state index is 13.7. The van der Waals surface area contributed by atoms with Gasteiger partial charge in [0.15, 0.2) is 5.34 Å². The van der Waals surface area contributed by atoms with Gasteiger partial charge in [-0.2, -0.15) is 0 Å². The average molecular weight is 688 g/mol. The fraction of sp³-hybridized carbons (Fsp3) is 0.536. The number of hydrogen-bond acceptors (Lipinski definition) is 15. The number of hydrogen-bond donors (Lipinski definition) is 2. The van der Waals surface area contributed by atoms with Gasteiger partial charge in [0.2, 0.25) is 16.0 Å². The lowest BCUT2D eigenvalue weighted by molar-refractivity contribution is -0.769. The van der Waals surface area contributed by atoms with Crippen molar-refractivity contribution < 1.29 is 52.1 Å². The van der Waals surface area contributed by atoms with Gasteiger partial charge < -0.3 is 29.4 Å². The summed E-state index contributed by atoms with van der Waals surface area (Å²) < 4.78 is 49.2. The fourth-order valence-corrected chi connectivity index (χ4v) is 4.41. The second-order valence-electron chi connectivity index (χ2n) is 10.5. The molecule has 19 heteroatoms. The first-order chi connectivity index (χ1) is 22.1. The van der Waals surface area contributed by atoms with Gasteiger partial charge in [-0.3, -0.25) is 4.79 Å². The number of aliphatic hydroxyl groups excluding tert-OH is 2. The van der Waals surface area contributed by atoms with Gasteiger partial charge in [0.25, 0.3) is 5.09 Å². The highest BCUT2D eigenvalue weighted by molar-refractivity contribution is 7.92. The topological polar surface area (TPSA) is 230 Å². The van der Waals surface area contributed by atoms with Crippen LogP contribution in [0.5, 0.6) is 0 Å². The molecule has 0 aliphatic rings. The molecule has 0 spiro atoms. The van der Waals surface area contributed by atoms with Crippen molar-refractivity contribution in [3.05, 3.63) is 62.4 Å². The maximum Gasteiger partial charge on any atom is 0.308 e. The molecule has 260 valence electrons. The van der Waals surface area contributed by atoms with E-state index in [9.17, 15) is 42.8 Å². The molecule has 47 heavy (non-hydrogen) atoms.